The lowest BCUT2D eigenvalue weighted by Gasteiger charge is -2.24. The fraction of sp³-hybridized carbons (Fsp3) is 0.250. The molecule has 0 aliphatic carbocycles. The van der Waals surface area contributed by atoms with Gasteiger partial charge >= 0.3 is 0 Å². The summed E-state index contributed by atoms with van der Waals surface area (Å²) in [6.45, 7) is 3.61. The van der Waals surface area contributed by atoms with Crippen LogP contribution in [-0.2, 0) is 6.61 Å². The lowest BCUT2D eigenvalue weighted by atomic mass is 9.89. The Hall–Kier alpha value is -2.86. The number of aliphatic hydroxyl groups is 3. The van der Waals surface area contributed by atoms with E-state index in [-0.39, 0.29) is 6.61 Å². The van der Waals surface area contributed by atoms with Crippen molar-refractivity contribution in [2.24, 2.45) is 5.92 Å². The first-order chi connectivity index (χ1) is 14.1. The molecule has 3 aromatic rings. The Balaban J connectivity index is 1.76. The summed E-state index contributed by atoms with van der Waals surface area (Å²) in [5, 5.41) is 30.4. The summed E-state index contributed by atoms with van der Waals surface area (Å²) in [6.07, 6.45) is 4.18. The maximum absolute atomic E-state index is 10.7. The first-order valence-corrected chi connectivity index (χ1v) is 9.60. The SMILES string of the molecule is C=C[C@H]([C@H](O)CC/C(=C/c1ccc(CO)o1)c1ccccc1)[C@H](O)c1ccco1. The van der Waals surface area contributed by atoms with Gasteiger partial charge in [-0.05, 0) is 54.3 Å². The van der Waals surface area contributed by atoms with Gasteiger partial charge in [0.1, 0.15) is 30.0 Å². The molecule has 0 aliphatic heterocycles. The molecule has 0 aliphatic rings. The zero-order valence-electron chi connectivity index (χ0n) is 16.1. The van der Waals surface area contributed by atoms with Crippen molar-refractivity contribution in [3.8, 4) is 0 Å². The van der Waals surface area contributed by atoms with E-state index in [0.717, 1.165) is 11.1 Å². The average molecular weight is 394 g/mol. The van der Waals surface area contributed by atoms with Gasteiger partial charge in [0.05, 0.1) is 12.4 Å². The van der Waals surface area contributed by atoms with Gasteiger partial charge in [-0.25, -0.2) is 0 Å². The molecular weight excluding hydrogens is 368 g/mol. The summed E-state index contributed by atoms with van der Waals surface area (Å²) in [5.41, 5.74) is 2.00. The van der Waals surface area contributed by atoms with Crippen LogP contribution in [0.25, 0.3) is 11.6 Å². The smallest absolute Gasteiger partial charge is 0.132 e. The largest absolute Gasteiger partial charge is 0.467 e. The Kier molecular flexibility index (Phi) is 7.25. The molecule has 0 bridgehead atoms. The highest BCUT2D eigenvalue weighted by Gasteiger charge is 2.27. The van der Waals surface area contributed by atoms with Gasteiger partial charge in [-0.15, -0.1) is 6.58 Å². The van der Waals surface area contributed by atoms with Crippen LogP contribution in [0.3, 0.4) is 0 Å². The molecule has 3 rings (SSSR count). The fourth-order valence-electron chi connectivity index (χ4n) is 3.32. The molecule has 0 spiro atoms. The van der Waals surface area contributed by atoms with Crippen LogP contribution in [0.5, 0.6) is 0 Å². The molecule has 2 heterocycles. The van der Waals surface area contributed by atoms with Gasteiger partial charge in [0.2, 0.25) is 0 Å². The van der Waals surface area contributed by atoms with Gasteiger partial charge in [-0.3, -0.25) is 0 Å². The van der Waals surface area contributed by atoms with E-state index in [1.807, 2.05) is 36.4 Å². The molecule has 5 heteroatoms. The van der Waals surface area contributed by atoms with Crippen molar-refractivity contribution in [3.63, 3.8) is 0 Å². The van der Waals surface area contributed by atoms with Gasteiger partial charge in [-0.1, -0.05) is 36.4 Å². The summed E-state index contributed by atoms with van der Waals surface area (Å²) < 4.78 is 10.9. The summed E-state index contributed by atoms with van der Waals surface area (Å²) in [4.78, 5) is 0. The van der Waals surface area contributed by atoms with E-state index in [1.165, 1.54) is 6.26 Å². The number of allylic oxidation sites excluding steroid dienone is 1. The van der Waals surface area contributed by atoms with E-state index in [1.54, 1.807) is 30.3 Å². The molecule has 0 amide bonds. The van der Waals surface area contributed by atoms with E-state index < -0.39 is 18.1 Å². The van der Waals surface area contributed by atoms with E-state index in [4.69, 9.17) is 8.83 Å². The maximum Gasteiger partial charge on any atom is 0.132 e. The van der Waals surface area contributed by atoms with Gasteiger partial charge in [-0.2, -0.15) is 0 Å². The lowest BCUT2D eigenvalue weighted by Crippen LogP contribution is -2.24. The van der Waals surface area contributed by atoms with Crippen LogP contribution in [0.15, 0.2) is 82.3 Å². The highest BCUT2D eigenvalue weighted by Crippen LogP contribution is 2.31. The Bertz CT molecular complexity index is 908. The normalized spacial score (nSPS) is 15.1. The zero-order chi connectivity index (χ0) is 20.6. The molecule has 0 unspecified atom stereocenters. The highest BCUT2D eigenvalue weighted by atomic mass is 16.4. The number of aliphatic hydroxyl groups excluding tert-OH is 3. The topological polar surface area (TPSA) is 87.0 Å². The summed E-state index contributed by atoms with van der Waals surface area (Å²) in [7, 11) is 0. The second-order valence-corrected chi connectivity index (χ2v) is 6.88. The number of hydrogen-bond acceptors (Lipinski definition) is 5. The van der Waals surface area contributed by atoms with Crippen LogP contribution >= 0.6 is 0 Å². The summed E-state index contributed by atoms with van der Waals surface area (Å²) >= 11 is 0. The molecule has 3 atom stereocenters. The molecular formula is C24H26O5. The van der Waals surface area contributed by atoms with Gasteiger partial charge in [0, 0.05) is 5.92 Å². The minimum absolute atomic E-state index is 0.154. The van der Waals surface area contributed by atoms with Crippen LogP contribution in [0.2, 0.25) is 0 Å². The third-order valence-electron chi connectivity index (χ3n) is 4.92. The molecule has 3 N–H and O–H groups in total. The molecule has 2 aromatic heterocycles. The third-order valence-corrected chi connectivity index (χ3v) is 4.92. The van der Waals surface area contributed by atoms with Crippen LogP contribution in [-0.4, -0.2) is 21.4 Å². The van der Waals surface area contributed by atoms with Crippen molar-refractivity contribution in [2.75, 3.05) is 0 Å². The average Bonchev–Trinajstić information content (AvgIpc) is 3.44. The standard InChI is InChI=1S/C24H26O5/c1-2-21(24(27)23-9-6-14-28-23)22(26)13-10-18(17-7-4-3-5-8-17)15-19-11-12-20(16-25)29-19/h2-9,11-12,14-15,21-22,24-27H,1,10,13,16H2/b18-15-/t21-,22-,24+/m1/s1. The number of hydrogen-bond donors (Lipinski definition) is 3. The number of rotatable bonds is 10. The van der Waals surface area contributed by atoms with E-state index in [0.29, 0.717) is 30.1 Å². The van der Waals surface area contributed by atoms with Crippen molar-refractivity contribution in [2.45, 2.75) is 31.7 Å². The molecule has 5 nitrogen and oxygen atoms in total. The van der Waals surface area contributed by atoms with Crippen molar-refractivity contribution in [3.05, 3.63) is 96.4 Å². The van der Waals surface area contributed by atoms with Crippen molar-refractivity contribution in [1.82, 2.24) is 0 Å². The van der Waals surface area contributed by atoms with Crippen LogP contribution in [0, 0.1) is 5.92 Å². The van der Waals surface area contributed by atoms with Crippen molar-refractivity contribution in [1.29, 1.82) is 0 Å². The molecule has 1 aromatic carbocycles. The fourth-order valence-corrected chi connectivity index (χ4v) is 3.32. The predicted octanol–water partition coefficient (Wildman–Crippen LogP) is 4.58. The predicted molar refractivity (Wildman–Crippen MR) is 112 cm³/mol. The molecule has 29 heavy (non-hydrogen) atoms. The molecule has 0 saturated heterocycles. The van der Waals surface area contributed by atoms with E-state index in [9.17, 15) is 15.3 Å². The maximum atomic E-state index is 10.7. The zero-order valence-corrected chi connectivity index (χ0v) is 16.1. The second kappa shape index (κ2) is 10.1. The molecule has 152 valence electrons. The number of benzene rings is 1. The Morgan fingerprint density at radius 2 is 1.83 bits per heavy atom. The van der Waals surface area contributed by atoms with Crippen LogP contribution < -0.4 is 0 Å². The first kappa shape index (κ1) is 20.9. The molecule has 0 saturated carbocycles. The van der Waals surface area contributed by atoms with Crippen molar-refractivity contribution < 1.29 is 24.2 Å². The number of furan rings is 2. The second-order valence-electron chi connectivity index (χ2n) is 6.88. The van der Waals surface area contributed by atoms with Gasteiger partial charge in [0.25, 0.3) is 0 Å². The Morgan fingerprint density at radius 1 is 1.03 bits per heavy atom. The molecule has 0 radical (unpaired) electrons. The minimum atomic E-state index is -0.959. The third kappa shape index (κ3) is 5.35. The monoisotopic (exact) mass is 394 g/mol. The van der Waals surface area contributed by atoms with E-state index in [2.05, 4.69) is 6.58 Å². The van der Waals surface area contributed by atoms with Crippen LogP contribution in [0.1, 0.15) is 41.8 Å². The summed E-state index contributed by atoms with van der Waals surface area (Å²) in [5.74, 6) is 0.984. The molecule has 0 fully saturated rings. The van der Waals surface area contributed by atoms with Crippen LogP contribution in [0.4, 0.5) is 0 Å². The lowest BCUT2D eigenvalue weighted by molar-refractivity contribution is 0.0214. The minimum Gasteiger partial charge on any atom is -0.467 e. The van der Waals surface area contributed by atoms with E-state index >= 15 is 0 Å². The quantitative estimate of drug-likeness (QED) is 0.438. The summed E-state index contributed by atoms with van der Waals surface area (Å²) in [6, 6.07) is 16.8. The van der Waals surface area contributed by atoms with Crippen molar-refractivity contribution >= 4 is 11.6 Å². The van der Waals surface area contributed by atoms with Gasteiger partial charge < -0.3 is 24.2 Å². The Morgan fingerprint density at radius 3 is 2.45 bits per heavy atom. The highest BCUT2D eigenvalue weighted by molar-refractivity contribution is 5.80. The Labute approximate surface area is 170 Å². The first-order valence-electron chi connectivity index (χ1n) is 9.60. The van der Waals surface area contributed by atoms with Gasteiger partial charge in [0.15, 0.2) is 0 Å².